The Balaban J connectivity index is 1.81. The van der Waals surface area contributed by atoms with Crippen molar-refractivity contribution < 1.29 is 22.7 Å². The number of hydrogen-bond acceptors (Lipinski definition) is 5. The van der Waals surface area contributed by atoms with Gasteiger partial charge in [0.25, 0.3) is 5.91 Å². The first-order valence-corrected chi connectivity index (χ1v) is 11.1. The van der Waals surface area contributed by atoms with Crippen LogP contribution < -0.4 is 5.32 Å². The van der Waals surface area contributed by atoms with E-state index in [1.165, 1.54) is 25.5 Å². The van der Waals surface area contributed by atoms with E-state index in [0.29, 0.717) is 5.92 Å². The van der Waals surface area contributed by atoms with Gasteiger partial charge in [-0.05, 0) is 44.7 Å². The third-order valence-corrected chi connectivity index (χ3v) is 6.80. The van der Waals surface area contributed by atoms with Crippen LogP contribution in [0, 0.1) is 12.8 Å². The molecule has 0 radical (unpaired) electrons. The van der Waals surface area contributed by atoms with Gasteiger partial charge in [-0.3, -0.25) is 9.59 Å². The fourth-order valence-electron chi connectivity index (χ4n) is 3.22. The second-order valence-electron chi connectivity index (χ2n) is 7.39. The molecule has 1 saturated carbocycles. The zero-order valence-corrected chi connectivity index (χ0v) is 17.1. The Labute approximate surface area is 161 Å². The lowest BCUT2D eigenvalue weighted by atomic mass is 9.86. The summed E-state index contributed by atoms with van der Waals surface area (Å²) in [6.07, 6.45) is 3.05. The second kappa shape index (κ2) is 9.35. The molecule has 0 heterocycles. The van der Waals surface area contributed by atoms with Gasteiger partial charge in [-0.2, -0.15) is 0 Å². The largest absolute Gasteiger partial charge is 0.453 e. The molecule has 7 heteroatoms. The summed E-state index contributed by atoms with van der Waals surface area (Å²) in [5.74, 6) is -0.957. The fraction of sp³-hybridized carbons (Fsp3) is 0.600. The highest BCUT2D eigenvalue weighted by Gasteiger charge is 2.26. The Hall–Kier alpha value is -1.89. The van der Waals surface area contributed by atoms with E-state index in [2.05, 4.69) is 12.2 Å². The van der Waals surface area contributed by atoms with E-state index in [4.69, 9.17) is 4.74 Å². The Kier molecular flexibility index (Phi) is 7.41. The molecule has 1 aliphatic carbocycles. The van der Waals surface area contributed by atoms with Crippen molar-refractivity contribution in [3.8, 4) is 0 Å². The zero-order chi connectivity index (χ0) is 20.0. The summed E-state index contributed by atoms with van der Waals surface area (Å²) >= 11 is 0. The molecule has 6 nitrogen and oxygen atoms in total. The van der Waals surface area contributed by atoms with Gasteiger partial charge in [0.2, 0.25) is 0 Å². The first kappa shape index (κ1) is 21.4. The molecule has 1 fully saturated rings. The van der Waals surface area contributed by atoms with Crippen molar-refractivity contribution in [1.29, 1.82) is 0 Å². The lowest BCUT2D eigenvalue weighted by Crippen LogP contribution is -2.46. The molecule has 0 bridgehead atoms. The number of nitrogens with one attached hydrogen (secondary N) is 1. The predicted molar refractivity (Wildman–Crippen MR) is 103 cm³/mol. The number of amides is 1. The molecule has 1 N–H and O–H groups in total. The first-order chi connectivity index (χ1) is 12.7. The monoisotopic (exact) mass is 395 g/mol. The van der Waals surface area contributed by atoms with Gasteiger partial charge in [0.05, 0.1) is 17.1 Å². The van der Waals surface area contributed by atoms with Crippen molar-refractivity contribution in [1.82, 2.24) is 5.32 Å². The maximum absolute atomic E-state index is 12.3. The molecule has 150 valence electrons. The molecule has 0 unspecified atom stereocenters. The van der Waals surface area contributed by atoms with E-state index in [1.54, 1.807) is 12.1 Å². The molecule has 1 aromatic rings. The maximum atomic E-state index is 12.3. The standard InChI is InChI=1S/C20H29NO5S/c1-14-8-10-17(11-9-14)27(24,25)13-12-19(22)26-16(3)20(23)21-18-7-5-4-6-15(18)2/h8-11,15-16,18H,4-7,12-13H2,1-3H3,(H,21,23)/t15-,16-,18+/m0/s1. The van der Waals surface area contributed by atoms with Gasteiger partial charge in [-0.25, -0.2) is 8.42 Å². The smallest absolute Gasteiger partial charge is 0.307 e. The van der Waals surface area contributed by atoms with Crippen molar-refractivity contribution in [2.45, 2.75) is 69.9 Å². The number of carbonyl (C=O) groups excluding carboxylic acids is 2. The summed E-state index contributed by atoms with van der Waals surface area (Å²) in [6, 6.07) is 6.58. The highest BCUT2D eigenvalue weighted by atomic mass is 32.2. The minimum Gasteiger partial charge on any atom is -0.453 e. The quantitative estimate of drug-likeness (QED) is 0.717. The number of hydrogen-bond donors (Lipinski definition) is 1. The average Bonchev–Trinajstić information content (AvgIpc) is 2.62. The minimum atomic E-state index is -3.56. The van der Waals surface area contributed by atoms with Gasteiger partial charge >= 0.3 is 5.97 Å². The van der Waals surface area contributed by atoms with E-state index < -0.39 is 21.9 Å². The van der Waals surface area contributed by atoms with Crippen LogP contribution in [0.1, 0.15) is 51.5 Å². The van der Waals surface area contributed by atoms with Crippen LogP contribution in [0.25, 0.3) is 0 Å². The van der Waals surface area contributed by atoms with Gasteiger partial charge in [-0.15, -0.1) is 0 Å². The van der Waals surface area contributed by atoms with Crippen LogP contribution >= 0.6 is 0 Å². The molecule has 1 aromatic carbocycles. The Morgan fingerprint density at radius 3 is 2.44 bits per heavy atom. The Morgan fingerprint density at radius 2 is 1.81 bits per heavy atom. The summed E-state index contributed by atoms with van der Waals surface area (Å²) < 4.78 is 29.7. The predicted octanol–water partition coefficient (Wildman–Crippen LogP) is 2.79. The van der Waals surface area contributed by atoms with Crippen molar-refractivity contribution in [3.63, 3.8) is 0 Å². The summed E-state index contributed by atoms with van der Waals surface area (Å²) in [5, 5.41) is 2.94. The number of rotatable bonds is 7. The van der Waals surface area contributed by atoms with Crippen molar-refractivity contribution in [3.05, 3.63) is 29.8 Å². The third kappa shape index (κ3) is 6.34. The second-order valence-corrected chi connectivity index (χ2v) is 9.50. The van der Waals surface area contributed by atoms with E-state index >= 15 is 0 Å². The molecule has 0 saturated heterocycles. The number of carbonyl (C=O) groups is 2. The van der Waals surface area contributed by atoms with Crippen LogP contribution in [-0.4, -0.2) is 38.2 Å². The fourth-order valence-corrected chi connectivity index (χ4v) is 4.44. The van der Waals surface area contributed by atoms with E-state index in [9.17, 15) is 18.0 Å². The molecule has 0 aromatic heterocycles. The van der Waals surface area contributed by atoms with Gasteiger partial charge in [0.1, 0.15) is 0 Å². The lowest BCUT2D eigenvalue weighted by molar-refractivity contribution is -0.154. The third-order valence-electron chi connectivity index (χ3n) is 5.07. The number of ether oxygens (including phenoxy) is 1. The zero-order valence-electron chi connectivity index (χ0n) is 16.2. The number of sulfone groups is 1. The molecule has 1 aliphatic rings. The molecule has 0 aliphatic heterocycles. The molecule has 27 heavy (non-hydrogen) atoms. The van der Waals surface area contributed by atoms with Gasteiger partial charge < -0.3 is 10.1 Å². The van der Waals surface area contributed by atoms with Gasteiger partial charge in [0.15, 0.2) is 15.9 Å². The van der Waals surface area contributed by atoms with Crippen molar-refractivity contribution in [2.75, 3.05) is 5.75 Å². The molecule has 3 atom stereocenters. The van der Waals surface area contributed by atoms with Crippen LogP contribution in [0.4, 0.5) is 0 Å². The van der Waals surface area contributed by atoms with Crippen LogP contribution in [0.15, 0.2) is 29.2 Å². The molecular weight excluding hydrogens is 366 g/mol. The number of benzene rings is 1. The summed E-state index contributed by atoms with van der Waals surface area (Å²) in [6.45, 7) is 5.49. The van der Waals surface area contributed by atoms with Gasteiger partial charge in [0, 0.05) is 6.04 Å². The van der Waals surface area contributed by atoms with Crippen LogP contribution in [-0.2, 0) is 24.2 Å². The molecule has 0 spiro atoms. The maximum Gasteiger partial charge on any atom is 0.307 e. The summed E-state index contributed by atoms with van der Waals surface area (Å²) in [5.41, 5.74) is 0.959. The lowest BCUT2D eigenvalue weighted by Gasteiger charge is -2.30. The summed E-state index contributed by atoms with van der Waals surface area (Å²) in [4.78, 5) is 24.4. The van der Waals surface area contributed by atoms with Gasteiger partial charge in [-0.1, -0.05) is 37.5 Å². The van der Waals surface area contributed by atoms with Crippen LogP contribution in [0.5, 0.6) is 0 Å². The highest BCUT2D eigenvalue weighted by Crippen LogP contribution is 2.23. The Bertz CT molecular complexity index is 757. The van der Waals surface area contributed by atoms with Crippen LogP contribution in [0.3, 0.4) is 0 Å². The normalized spacial score (nSPS) is 21.3. The molecule has 1 amide bonds. The Morgan fingerprint density at radius 1 is 1.19 bits per heavy atom. The SMILES string of the molecule is Cc1ccc(S(=O)(=O)CCC(=O)O[C@@H](C)C(=O)N[C@@H]2CCCC[C@@H]2C)cc1. The van der Waals surface area contributed by atoms with Crippen molar-refractivity contribution >= 4 is 21.7 Å². The number of esters is 1. The molecule has 2 rings (SSSR count). The number of aryl methyl sites for hydroxylation is 1. The van der Waals surface area contributed by atoms with E-state index in [-0.39, 0.29) is 29.0 Å². The highest BCUT2D eigenvalue weighted by molar-refractivity contribution is 7.91. The van der Waals surface area contributed by atoms with Crippen LogP contribution in [0.2, 0.25) is 0 Å². The topological polar surface area (TPSA) is 89.5 Å². The average molecular weight is 396 g/mol. The van der Waals surface area contributed by atoms with E-state index in [1.807, 2.05) is 6.92 Å². The molecular formula is C20H29NO5S. The minimum absolute atomic E-state index is 0.106. The van der Waals surface area contributed by atoms with Crippen molar-refractivity contribution in [2.24, 2.45) is 5.92 Å². The first-order valence-electron chi connectivity index (χ1n) is 9.48. The van der Waals surface area contributed by atoms with E-state index in [0.717, 1.165) is 24.8 Å². The summed E-state index contributed by atoms with van der Waals surface area (Å²) in [7, 11) is -3.56.